The maximum atomic E-state index is 13.6. The molecule has 190 valence electrons. The van der Waals surface area contributed by atoms with Gasteiger partial charge in [-0.1, -0.05) is 65.7 Å². The summed E-state index contributed by atoms with van der Waals surface area (Å²) in [5, 5.41) is 4.23. The highest BCUT2D eigenvalue weighted by Crippen LogP contribution is 2.22. The molecular formula is C29H32Cl2N2O3. The molecule has 0 spiro atoms. The first-order valence-electron chi connectivity index (χ1n) is 11.8. The Labute approximate surface area is 223 Å². The van der Waals surface area contributed by atoms with Gasteiger partial charge in [-0.3, -0.25) is 9.59 Å². The number of halogens is 2. The Morgan fingerprint density at radius 3 is 2.28 bits per heavy atom. The summed E-state index contributed by atoms with van der Waals surface area (Å²) < 4.78 is 5.82. The van der Waals surface area contributed by atoms with Crippen LogP contribution in [0.5, 0.6) is 5.75 Å². The Hall–Kier alpha value is -3.02. The smallest absolute Gasteiger partial charge is 0.261 e. The van der Waals surface area contributed by atoms with E-state index in [2.05, 4.69) is 5.32 Å². The van der Waals surface area contributed by atoms with Crippen LogP contribution in [0.15, 0.2) is 72.8 Å². The van der Waals surface area contributed by atoms with Crippen molar-refractivity contribution in [1.82, 2.24) is 10.2 Å². The lowest BCUT2D eigenvalue weighted by atomic mass is 10.0. The molecule has 0 radical (unpaired) electrons. The van der Waals surface area contributed by atoms with Crippen LogP contribution in [0.3, 0.4) is 0 Å². The Kier molecular flexibility index (Phi) is 9.41. The van der Waals surface area contributed by atoms with Gasteiger partial charge in [0.25, 0.3) is 5.91 Å². The van der Waals surface area contributed by atoms with Gasteiger partial charge in [0.05, 0.1) is 0 Å². The van der Waals surface area contributed by atoms with Crippen LogP contribution in [0.2, 0.25) is 10.0 Å². The van der Waals surface area contributed by atoms with Gasteiger partial charge >= 0.3 is 0 Å². The first-order chi connectivity index (χ1) is 17.0. The highest BCUT2D eigenvalue weighted by atomic mass is 35.5. The summed E-state index contributed by atoms with van der Waals surface area (Å²) in [5.41, 5.74) is 2.15. The molecular weight excluding hydrogens is 495 g/mol. The van der Waals surface area contributed by atoms with E-state index in [1.54, 1.807) is 35.2 Å². The molecule has 3 rings (SSSR count). The summed E-state index contributed by atoms with van der Waals surface area (Å²) in [4.78, 5) is 28.7. The van der Waals surface area contributed by atoms with Crippen LogP contribution in [0, 0.1) is 6.92 Å². The number of carbonyl (C=O) groups is 2. The van der Waals surface area contributed by atoms with Crippen LogP contribution in [0.25, 0.3) is 0 Å². The number of amides is 2. The van der Waals surface area contributed by atoms with Gasteiger partial charge < -0.3 is 15.0 Å². The monoisotopic (exact) mass is 526 g/mol. The fraction of sp³-hybridized carbons (Fsp3) is 0.310. The van der Waals surface area contributed by atoms with E-state index in [0.29, 0.717) is 22.2 Å². The van der Waals surface area contributed by atoms with Crippen molar-refractivity contribution < 1.29 is 14.3 Å². The molecule has 0 aromatic heterocycles. The van der Waals surface area contributed by atoms with Crippen molar-refractivity contribution in [3.63, 3.8) is 0 Å². The summed E-state index contributed by atoms with van der Waals surface area (Å²) >= 11 is 12.3. The van der Waals surface area contributed by atoms with E-state index >= 15 is 0 Å². The molecule has 0 fully saturated rings. The van der Waals surface area contributed by atoms with Crippen molar-refractivity contribution in [3.8, 4) is 5.75 Å². The van der Waals surface area contributed by atoms with Gasteiger partial charge in [0.1, 0.15) is 11.8 Å². The van der Waals surface area contributed by atoms with Crippen molar-refractivity contribution in [2.24, 2.45) is 0 Å². The third-order valence-electron chi connectivity index (χ3n) is 5.50. The zero-order chi connectivity index (χ0) is 26.3. The molecule has 36 heavy (non-hydrogen) atoms. The number of hydrogen-bond donors (Lipinski definition) is 1. The molecule has 1 atom stereocenters. The second-order valence-electron chi connectivity index (χ2n) is 9.80. The van der Waals surface area contributed by atoms with Crippen LogP contribution in [0.4, 0.5) is 0 Å². The fourth-order valence-corrected chi connectivity index (χ4v) is 4.10. The fourth-order valence-electron chi connectivity index (χ4n) is 3.77. The van der Waals surface area contributed by atoms with Gasteiger partial charge in [0, 0.05) is 28.5 Å². The van der Waals surface area contributed by atoms with Gasteiger partial charge in [-0.2, -0.15) is 0 Å². The summed E-state index contributed by atoms with van der Waals surface area (Å²) in [5.74, 6) is -0.0108. The lowest BCUT2D eigenvalue weighted by Crippen LogP contribution is -2.55. The SMILES string of the molecule is Cc1cc(OCC(=O)N(Cc2cccc(Cl)c2)[C@@H](Cc2ccccc2)C(=O)NC(C)(C)C)ccc1Cl. The van der Waals surface area contributed by atoms with Gasteiger partial charge in [-0.25, -0.2) is 0 Å². The Morgan fingerprint density at radius 1 is 0.944 bits per heavy atom. The number of nitrogens with one attached hydrogen (secondary N) is 1. The molecule has 0 saturated heterocycles. The number of rotatable bonds is 9. The minimum absolute atomic E-state index is 0.206. The quantitative estimate of drug-likeness (QED) is 0.359. The molecule has 0 heterocycles. The summed E-state index contributed by atoms with van der Waals surface area (Å²) in [7, 11) is 0. The molecule has 0 bridgehead atoms. The molecule has 5 nitrogen and oxygen atoms in total. The molecule has 3 aromatic carbocycles. The van der Waals surface area contributed by atoms with Crippen LogP contribution < -0.4 is 10.1 Å². The van der Waals surface area contributed by atoms with Crippen LogP contribution in [-0.4, -0.2) is 34.9 Å². The number of nitrogens with zero attached hydrogens (tertiary/aromatic N) is 1. The zero-order valence-corrected chi connectivity index (χ0v) is 22.6. The predicted molar refractivity (Wildman–Crippen MR) is 146 cm³/mol. The lowest BCUT2D eigenvalue weighted by Gasteiger charge is -2.33. The Bertz CT molecular complexity index is 1190. The van der Waals surface area contributed by atoms with E-state index < -0.39 is 11.6 Å². The molecule has 3 aromatic rings. The molecule has 0 aliphatic rings. The van der Waals surface area contributed by atoms with Crippen molar-refractivity contribution >= 4 is 35.0 Å². The number of ether oxygens (including phenoxy) is 1. The van der Waals surface area contributed by atoms with Gasteiger partial charge in [-0.15, -0.1) is 0 Å². The van der Waals surface area contributed by atoms with E-state index in [9.17, 15) is 9.59 Å². The molecule has 1 N–H and O–H groups in total. The molecule has 2 amide bonds. The molecule has 0 unspecified atom stereocenters. The number of benzene rings is 3. The van der Waals surface area contributed by atoms with Gasteiger partial charge in [-0.05, 0) is 74.7 Å². The summed E-state index contributed by atoms with van der Waals surface area (Å²) in [6.07, 6.45) is 0.356. The second kappa shape index (κ2) is 12.3. The van der Waals surface area contributed by atoms with E-state index in [0.717, 1.165) is 16.7 Å². The molecule has 7 heteroatoms. The number of aryl methyl sites for hydroxylation is 1. The summed E-state index contributed by atoms with van der Waals surface area (Å²) in [6, 6.07) is 21.4. The number of hydrogen-bond acceptors (Lipinski definition) is 3. The first-order valence-corrected chi connectivity index (χ1v) is 12.6. The van der Waals surface area contributed by atoms with Crippen molar-refractivity contribution in [2.75, 3.05) is 6.61 Å². The highest BCUT2D eigenvalue weighted by Gasteiger charge is 2.32. The van der Waals surface area contributed by atoms with Crippen molar-refractivity contribution in [2.45, 2.75) is 52.2 Å². The topological polar surface area (TPSA) is 58.6 Å². The largest absolute Gasteiger partial charge is 0.484 e. The maximum absolute atomic E-state index is 13.6. The molecule has 0 aliphatic heterocycles. The lowest BCUT2D eigenvalue weighted by molar-refractivity contribution is -0.143. The highest BCUT2D eigenvalue weighted by molar-refractivity contribution is 6.31. The standard InChI is InChI=1S/C29H32Cl2N2O3/c1-20-15-24(13-14-25(20)31)36-19-27(34)33(18-22-11-8-12-23(30)16-22)26(28(35)32-29(2,3)4)17-21-9-6-5-7-10-21/h5-16,26H,17-19H2,1-4H3,(H,32,35)/t26-/m0/s1. The first kappa shape index (κ1) is 27.6. The minimum Gasteiger partial charge on any atom is -0.484 e. The maximum Gasteiger partial charge on any atom is 0.261 e. The third kappa shape index (κ3) is 8.28. The van der Waals surface area contributed by atoms with E-state index in [4.69, 9.17) is 27.9 Å². The van der Waals surface area contributed by atoms with Crippen molar-refractivity contribution in [3.05, 3.63) is 99.5 Å². The normalized spacial score (nSPS) is 12.1. The van der Waals surface area contributed by atoms with Gasteiger partial charge in [0.2, 0.25) is 5.91 Å². The summed E-state index contributed by atoms with van der Waals surface area (Å²) in [6.45, 7) is 7.60. The third-order valence-corrected chi connectivity index (χ3v) is 6.16. The van der Waals surface area contributed by atoms with E-state index in [1.807, 2.05) is 70.2 Å². The van der Waals surface area contributed by atoms with Crippen LogP contribution in [-0.2, 0) is 22.6 Å². The molecule has 0 aliphatic carbocycles. The van der Waals surface area contributed by atoms with Crippen LogP contribution >= 0.6 is 23.2 Å². The second-order valence-corrected chi connectivity index (χ2v) is 10.6. The van der Waals surface area contributed by atoms with Gasteiger partial charge in [0.15, 0.2) is 6.61 Å². The average Bonchev–Trinajstić information content (AvgIpc) is 2.81. The minimum atomic E-state index is -0.756. The van der Waals surface area contributed by atoms with E-state index in [-0.39, 0.29) is 25.0 Å². The number of carbonyl (C=O) groups excluding carboxylic acids is 2. The Balaban J connectivity index is 1.93. The van der Waals surface area contributed by atoms with Crippen LogP contribution in [0.1, 0.15) is 37.5 Å². The van der Waals surface area contributed by atoms with E-state index in [1.165, 1.54) is 0 Å². The van der Waals surface area contributed by atoms with Crippen molar-refractivity contribution in [1.29, 1.82) is 0 Å². The zero-order valence-electron chi connectivity index (χ0n) is 21.1. The Morgan fingerprint density at radius 2 is 1.64 bits per heavy atom. The predicted octanol–water partition coefficient (Wildman–Crippen LogP) is 6.24. The molecule has 0 saturated carbocycles. The average molecular weight is 527 g/mol.